The van der Waals surface area contributed by atoms with Gasteiger partial charge in [-0.3, -0.25) is 9.59 Å². The minimum absolute atomic E-state index is 0.135. The van der Waals surface area contributed by atoms with Crippen molar-refractivity contribution in [1.82, 2.24) is 10.2 Å². The minimum Gasteiger partial charge on any atom is -0.467 e. The minimum atomic E-state index is -0.143. The highest BCUT2D eigenvalue weighted by Gasteiger charge is 2.12. The third-order valence-corrected chi connectivity index (χ3v) is 3.62. The molecule has 25 heavy (non-hydrogen) atoms. The number of rotatable bonds is 8. The summed E-state index contributed by atoms with van der Waals surface area (Å²) in [6.07, 6.45) is 4.81. The summed E-state index contributed by atoms with van der Waals surface area (Å²) in [5, 5.41) is 2.57. The van der Waals surface area contributed by atoms with E-state index in [-0.39, 0.29) is 11.8 Å². The van der Waals surface area contributed by atoms with Crippen molar-refractivity contribution in [3.63, 3.8) is 0 Å². The lowest BCUT2D eigenvalue weighted by molar-refractivity contribution is -0.127. The summed E-state index contributed by atoms with van der Waals surface area (Å²) in [4.78, 5) is 25.6. The summed E-state index contributed by atoms with van der Waals surface area (Å²) in [5.74, 6) is 0.437. The molecule has 2 aromatic rings. The fourth-order valence-electron chi connectivity index (χ4n) is 2.22. The van der Waals surface area contributed by atoms with Crippen LogP contribution in [-0.2, 0) is 16.1 Å². The predicted octanol–water partition coefficient (Wildman–Crippen LogP) is 2.33. The second-order valence-electron chi connectivity index (χ2n) is 5.37. The van der Waals surface area contributed by atoms with Crippen molar-refractivity contribution in [1.29, 1.82) is 0 Å². The number of amides is 2. The number of methoxy groups -OCH3 is 1. The summed E-state index contributed by atoms with van der Waals surface area (Å²) < 4.78 is 10.4. The average Bonchev–Trinajstić information content (AvgIpc) is 3.16. The summed E-state index contributed by atoms with van der Waals surface area (Å²) in [6, 6.07) is 10.6. The number of ether oxygens (including phenoxy) is 1. The SMILES string of the molecule is CNC(=O)c1ccc(/C=C/C(=O)N(CCOC)Cc2ccco2)cc1. The van der Waals surface area contributed by atoms with E-state index in [1.54, 1.807) is 61.7 Å². The molecule has 0 atom stereocenters. The third-order valence-electron chi connectivity index (χ3n) is 3.62. The van der Waals surface area contributed by atoms with E-state index in [4.69, 9.17) is 9.15 Å². The molecule has 1 heterocycles. The van der Waals surface area contributed by atoms with Crippen LogP contribution in [0.2, 0.25) is 0 Å². The van der Waals surface area contributed by atoms with Crippen molar-refractivity contribution in [3.05, 3.63) is 65.6 Å². The Morgan fingerprint density at radius 3 is 2.60 bits per heavy atom. The zero-order chi connectivity index (χ0) is 18.1. The molecular formula is C19H22N2O4. The Balaban J connectivity index is 2.02. The molecule has 1 N–H and O–H groups in total. The lowest BCUT2D eigenvalue weighted by atomic mass is 10.1. The number of nitrogens with zero attached hydrogens (tertiary/aromatic N) is 1. The van der Waals surface area contributed by atoms with Gasteiger partial charge in [0.05, 0.1) is 19.4 Å². The van der Waals surface area contributed by atoms with Crippen molar-refractivity contribution < 1.29 is 18.7 Å². The van der Waals surface area contributed by atoms with Crippen LogP contribution < -0.4 is 5.32 Å². The maximum Gasteiger partial charge on any atom is 0.251 e. The highest BCUT2D eigenvalue weighted by atomic mass is 16.5. The Kier molecular flexibility index (Phi) is 6.98. The number of carbonyl (C=O) groups is 2. The summed E-state index contributed by atoms with van der Waals surface area (Å²) in [5.41, 5.74) is 1.41. The van der Waals surface area contributed by atoms with Crippen LogP contribution in [0.25, 0.3) is 6.08 Å². The Morgan fingerprint density at radius 1 is 1.24 bits per heavy atom. The highest BCUT2D eigenvalue weighted by Crippen LogP contribution is 2.09. The van der Waals surface area contributed by atoms with Gasteiger partial charge in [-0.05, 0) is 35.9 Å². The molecule has 132 valence electrons. The number of carbonyl (C=O) groups excluding carboxylic acids is 2. The van der Waals surface area contributed by atoms with Gasteiger partial charge in [0, 0.05) is 32.3 Å². The zero-order valence-electron chi connectivity index (χ0n) is 14.4. The number of furan rings is 1. The van der Waals surface area contributed by atoms with E-state index in [2.05, 4.69) is 5.32 Å². The monoisotopic (exact) mass is 342 g/mol. The molecule has 0 spiro atoms. The highest BCUT2D eigenvalue weighted by molar-refractivity contribution is 5.94. The molecule has 6 heteroatoms. The number of hydrogen-bond donors (Lipinski definition) is 1. The van der Waals surface area contributed by atoms with Crippen molar-refractivity contribution in [2.24, 2.45) is 0 Å². The Bertz CT molecular complexity index is 706. The topological polar surface area (TPSA) is 71.8 Å². The lowest BCUT2D eigenvalue weighted by Gasteiger charge is -2.19. The summed E-state index contributed by atoms with van der Waals surface area (Å²) in [6.45, 7) is 1.30. The van der Waals surface area contributed by atoms with Crippen LogP contribution >= 0.6 is 0 Å². The van der Waals surface area contributed by atoms with Crippen molar-refractivity contribution in [2.45, 2.75) is 6.54 Å². The molecular weight excluding hydrogens is 320 g/mol. The predicted molar refractivity (Wildman–Crippen MR) is 94.9 cm³/mol. The first-order chi connectivity index (χ1) is 12.1. The van der Waals surface area contributed by atoms with Gasteiger partial charge in [0.1, 0.15) is 5.76 Å². The molecule has 0 unspecified atom stereocenters. The normalized spacial score (nSPS) is 10.8. The Hall–Kier alpha value is -2.86. The molecule has 2 amide bonds. The molecule has 0 aliphatic heterocycles. The van der Waals surface area contributed by atoms with Gasteiger partial charge in [0.25, 0.3) is 5.91 Å². The fraction of sp³-hybridized carbons (Fsp3) is 0.263. The molecule has 0 radical (unpaired) electrons. The van der Waals surface area contributed by atoms with Crippen LogP contribution in [0, 0.1) is 0 Å². The third kappa shape index (κ3) is 5.61. The van der Waals surface area contributed by atoms with Crippen molar-refractivity contribution >= 4 is 17.9 Å². The molecule has 0 aliphatic rings. The van der Waals surface area contributed by atoms with Crippen LogP contribution in [0.5, 0.6) is 0 Å². The van der Waals surface area contributed by atoms with Crippen LogP contribution in [0.3, 0.4) is 0 Å². The number of nitrogens with one attached hydrogen (secondary N) is 1. The van der Waals surface area contributed by atoms with Crippen LogP contribution in [0.15, 0.2) is 53.2 Å². The quantitative estimate of drug-likeness (QED) is 0.748. The largest absolute Gasteiger partial charge is 0.467 e. The number of hydrogen-bond acceptors (Lipinski definition) is 4. The van der Waals surface area contributed by atoms with Crippen LogP contribution in [0.1, 0.15) is 21.7 Å². The van der Waals surface area contributed by atoms with E-state index in [0.29, 0.717) is 31.0 Å². The van der Waals surface area contributed by atoms with E-state index in [1.807, 2.05) is 6.07 Å². The smallest absolute Gasteiger partial charge is 0.251 e. The van der Waals surface area contributed by atoms with Gasteiger partial charge in [0.15, 0.2) is 0 Å². The lowest BCUT2D eigenvalue weighted by Crippen LogP contribution is -2.31. The molecule has 0 aliphatic carbocycles. The van der Waals surface area contributed by atoms with Crippen molar-refractivity contribution in [3.8, 4) is 0 Å². The summed E-state index contributed by atoms with van der Waals surface area (Å²) >= 11 is 0. The maximum absolute atomic E-state index is 12.4. The molecule has 0 fully saturated rings. The van der Waals surface area contributed by atoms with E-state index in [1.165, 1.54) is 6.08 Å². The van der Waals surface area contributed by atoms with E-state index < -0.39 is 0 Å². The van der Waals surface area contributed by atoms with Gasteiger partial charge in [-0.25, -0.2) is 0 Å². The van der Waals surface area contributed by atoms with Crippen molar-refractivity contribution in [2.75, 3.05) is 27.3 Å². The Morgan fingerprint density at radius 2 is 2.00 bits per heavy atom. The molecule has 0 saturated heterocycles. The maximum atomic E-state index is 12.4. The van der Waals surface area contributed by atoms with Gasteiger partial charge in [-0.2, -0.15) is 0 Å². The zero-order valence-corrected chi connectivity index (χ0v) is 14.4. The van der Waals surface area contributed by atoms with E-state index >= 15 is 0 Å². The van der Waals surface area contributed by atoms with Gasteiger partial charge >= 0.3 is 0 Å². The van der Waals surface area contributed by atoms with Gasteiger partial charge in [-0.15, -0.1) is 0 Å². The molecule has 1 aromatic carbocycles. The fourth-order valence-corrected chi connectivity index (χ4v) is 2.22. The first-order valence-corrected chi connectivity index (χ1v) is 7.94. The molecule has 2 rings (SSSR count). The first-order valence-electron chi connectivity index (χ1n) is 7.94. The molecule has 0 saturated carbocycles. The van der Waals surface area contributed by atoms with Crippen LogP contribution in [0.4, 0.5) is 0 Å². The first kappa shape index (κ1) is 18.5. The van der Waals surface area contributed by atoms with Gasteiger partial charge < -0.3 is 19.4 Å². The molecule has 1 aromatic heterocycles. The van der Waals surface area contributed by atoms with E-state index in [0.717, 1.165) is 5.56 Å². The molecule has 0 bridgehead atoms. The van der Waals surface area contributed by atoms with Gasteiger partial charge in [0.2, 0.25) is 5.91 Å². The Labute approximate surface area is 147 Å². The summed E-state index contributed by atoms with van der Waals surface area (Å²) in [7, 11) is 3.18. The van der Waals surface area contributed by atoms with Gasteiger partial charge in [-0.1, -0.05) is 12.1 Å². The van der Waals surface area contributed by atoms with E-state index in [9.17, 15) is 9.59 Å². The standard InChI is InChI=1S/C19H22N2O4/c1-20-19(23)16-8-5-15(6-9-16)7-10-18(22)21(11-13-24-2)14-17-4-3-12-25-17/h3-10,12H,11,13-14H2,1-2H3,(H,20,23)/b10-7+. The second-order valence-corrected chi connectivity index (χ2v) is 5.37. The molecule has 6 nitrogen and oxygen atoms in total. The van der Waals surface area contributed by atoms with Crippen LogP contribution in [-0.4, -0.2) is 44.0 Å². The number of benzene rings is 1. The average molecular weight is 342 g/mol. The second kappa shape index (κ2) is 9.44.